The molecule has 1 aliphatic heterocycles. The molecular weight excluding hydrogens is 288 g/mol. The molecule has 0 unspecified atom stereocenters. The number of unbranched alkanes of at least 4 members (excludes halogenated alkanes) is 2. The zero-order chi connectivity index (χ0) is 16.3. The van der Waals surface area contributed by atoms with E-state index in [1.54, 1.807) is 12.4 Å². The van der Waals surface area contributed by atoms with E-state index in [2.05, 4.69) is 40.2 Å². The average Bonchev–Trinajstić information content (AvgIpc) is 3.06. The molecule has 5 heteroatoms. The number of hydrogen-bond acceptors (Lipinski definition) is 5. The third kappa shape index (κ3) is 5.94. The number of aromatic nitrogens is 3. The standard InChI is InChI=1S/C13H21N3O.C5H5N/c1-3-4-5-8-12-13(15-17-14-12)11-7-6-9-16(2)10-11;1-2-4-6-5-3-1/h7H,3-6,8-10H2,1-2H3;1-5H. The summed E-state index contributed by atoms with van der Waals surface area (Å²) in [5.41, 5.74) is 3.28. The van der Waals surface area contributed by atoms with Crippen LogP contribution in [0.3, 0.4) is 0 Å². The van der Waals surface area contributed by atoms with Crippen molar-refractivity contribution in [3.05, 3.63) is 48.1 Å². The first kappa shape index (κ1) is 17.3. The van der Waals surface area contributed by atoms with Gasteiger partial charge in [-0.25, -0.2) is 4.63 Å². The second-order valence-electron chi connectivity index (χ2n) is 5.80. The van der Waals surface area contributed by atoms with Crippen LogP contribution < -0.4 is 0 Å². The summed E-state index contributed by atoms with van der Waals surface area (Å²) < 4.78 is 4.91. The van der Waals surface area contributed by atoms with Crippen LogP contribution in [0.4, 0.5) is 0 Å². The Morgan fingerprint density at radius 1 is 1.13 bits per heavy atom. The highest BCUT2D eigenvalue weighted by Gasteiger charge is 2.18. The first-order valence-electron chi connectivity index (χ1n) is 8.35. The van der Waals surface area contributed by atoms with Crippen molar-refractivity contribution in [3.8, 4) is 0 Å². The summed E-state index contributed by atoms with van der Waals surface area (Å²) in [6, 6.07) is 5.72. The minimum absolute atomic E-state index is 0.953. The fourth-order valence-corrected chi connectivity index (χ4v) is 2.53. The van der Waals surface area contributed by atoms with Crippen LogP contribution in [0.5, 0.6) is 0 Å². The van der Waals surface area contributed by atoms with Gasteiger partial charge in [-0.1, -0.05) is 37.1 Å². The van der Waals surface area contributed by atoms with Crippen molar-refractivity contribution in [1.82, 2.24) is 20.2 Å². The van der Waals surface area contributed by atoms with Gasteiger partial charge in [0.2, 0.25) is 0 Å². The Labute approximate surface area is 138 Å². The molecule has 0 spiro atoms. The van der Waals surface area contributed by atoms with Crippen LogP contribution in [0.2, 0.25) is 0 Å². The van der Waals surface area contributed by atoms with Crippen LogP contribution in [0.1, 0.15) is 44.0 Å². The molecule has 0 atom stereocenters. The Bertz CT molecular complexity index is 553. The molecule has 0 aliphatic carbocycles. The van der Waals surface area contributed by atoms with Crippen LogP contribution in [0, 0.1) is 0 Å². The number of pyridine rings is 1. The highest BCUT2D eigenvalue weighted by molar-refractivity contribution is 5.65. The van der Waals surface area contributed by atoms with E-state index in [1.807, 2.05) is 18.2 Å². The molecule has 0 radical (unpaired) electrons. The molecule has 3 heterocycles. The lowest BCUT2D eigenvalue weighted by molar-refractivity contribution is 0.301. The van der Waals surface area contributed by atoms with Gasteiger partial charge in [0.15, 0.2) is 0 Å². The van der Waals surface area contributed by atoms with Crippen molar-refractivity contribution in [2.75, 3.05) is 20.1 Å². The molecule has 0 N–H and O–H groups in total. The smallest absolute Gasteiger partial charge is 0.135 e. The number of aryl methyl sites for hydroxylation is 1. The van der Waals surface area contributed by atoms with Gasteiger partial charge in [-0.3, -0.25) is 4.98 Å². The van der Waals surface area contributed by atoms with Crippen molar-refractivity contribution < 1.29 is 4.63 Å². The summed E-state index contributed by atoms with van der Waals surface area (Å²) in [5.74, 6) is 0. The van der Waals surface area contributed by atoms with E-state index in [4.69, 9.17) is 4.63 Å². The first-order chi connectivity index (χ1) is 11.3. The molecule has 23 heavy (non-hydrogen) atoms. The second kappa shape index (κ2) is 9.90. The van der Waals surface area contributed by atoms with Crippen molar-refractivity contribution in [2.24, 2.45) is 0 Å². The fourth-order valence-electron chi connectivity index (χ4n) is 2.53. The topological polar surface area (TPSA) is 55.1 Å². The van der Waals surface area contributed by atoms with Crippen LogP contribution in [0.25, 0.3) is 5.57 Å². The summed E-state index contributed by atoms with van der Waals surface area (Å²) in [7, 11) is 2.14. The number of nitrogens with zero attached hydrogens (tertiary/aromatic N) is 4. The van der Waals surface area contributed by atoms with Gasteiger partial charge in [-0.15, -0.1) is 0 Å². The van der Waals surface area contributed by atoms with Crippen molar-refractivity contribution in [2.45, 2.75) is 39.0 Å². The number of rotatable bonds is 5. The highest BCUT2D eigenvalue weighted by atomic mass is 16.6. The monoisotopic (exact) mass is 314 g/mol. The number of likely N-dealkylation sites (N-methyl/N-ethyl adjacent to an activating group) is 1. The predicted molar refractivity (Wildman–Crippen MR) is 91.9 cm³/mol. The maximum Gasteiger partial charge on any atom is 0.135 e. The van der Waals surface area contributed by atoms with Crippen LogP contribution >= 0.6 is 0 Å². The Kier molecular flexibility index (Phi) is 7.46. The fraction of sp³-hybridized carbons (Fsp3) is 0.500. The normalized spacial score (nSPS) is 14.8. The molecule has 124 valence electrons. The molecule has 0 amide bonds. The van der Waals surface area contributed by atoms with Crippen LogP contribution in [0.15, 0.2) is 41.3 Å². The zero-order valence-electron chi connectivity index (χ0n) is 14.1. The third-order valence-corrected chi connectivity index (χ3v) is 3.79. The van der Waals surface area contributed by atoms with Gasteiger partial charge in [0, 0.05) is 25.5 Å². The van der Waals surface area contributed by atoms with E-state index in [1.165, 1.54) is 24.8 Å². The summed E-state index contributed by atoms with van der Waals surface area (Å²) in [5, 5.41) is 8.11. The van der Waals surface area contributed by atoms with Gasteiger partial charge >= 0.3 is 0 Å². The molecule has 0 fully saturated rings. The maximum absolute atomic E-state index is 4.91. The van der Waals surface area contributed by atoms with Gasteiger partial charge in [0.05, 0.1) is 0 Å². The Morgan fingerprint density at radius 2 is 1.96 bits per heavy atom. The molecule has 0 aromatic carbocycles. The lowest BCUT2D eigenvalue weighted by atomic mass is 10.0. The molecule has 3 rings (SSSR count). The van der Waals surface area contributed by atoms with Crippen molar-refractivity contribution in [1.29, 1.82) is 0 Å². The van der Waals surface area contributed by atoms with E-state index < -0.39 is 0 Å². The van der Waals surface area contributed by atoms with E-state index in [9.17, 15) is 0 Å². The summed E-state index contributed by atoms with van der Waals surface area (Å²) in [4.78, 5) is 6.09. The van der Waals surface area contributed by atoms with E-state index in [0.717, 1.165) is 37.3 Å². The minimum atomic E-state index is 0.953. The molecule has 2 aromatic heterocycles. The molecule has 2 aromatic rings. The second-order valence-corrected chi connectivity index (χ2v) is 5.80. The van der Waals surface area contributed by atoms with Crippen LogP contribution in [-0.4, -0.2) is 40.3 Å². The summed E-state index contributed by atoms with van der Waals surface area (Å²) in [6.45, 7) is 4.29. The Morgan fingerprint density at radius 3 is 2.57 bits per heavy atom. The van der Waals surface area contributed by atoms with Crippen molar-refractivity contribution >= 4 is 5.57 Å². The Hall–Kier alpha value is -2.01. The lowest BCUT2D eigenvalue weighted by Crippen LogP contribution is -2.25. The summed E-state index contributed by atoms with van der Waals surface area (Å²) >= 11 is 0. The quantitative estimate of drug-likeness (QED) is 0.789. The van der Waals surface area contributed by atoms with Gasteiger partial charge in [0.1, 0.15) is 11.4 Å². The number of hydrogen-bond donors (Lipinski definition) is 0. The maximum atomic E-state index is 4.91. The molecule has 1 aliphatic rings. The van der Waals surface area contributed by atoms with E-state index >= 15 is 0 Å². The zero-order valence-corrected chi connectivity index (χ0v) is 14.1. The van der Waals surface area contributed by atoms with Gasteiger partial charge in [-0.05, 0) is 49.2 Å². The lowest BCUT2D eigenvalue weighted by Gasteiger charge is -2.21. The SMILES string of the molecule is CCCCCc1nonc1C1=CCCN(C)C1.c1ccncc1. The first-order valence-corrected chi connectivity index (χ1v) is 8.35. The molecule has 5 nitrogen and oxygen atoms in total. The van der Waals surface area contributed by atoms with Crippen molar-refractivity contribution in [3.63, 3.8) is 0 Å². The van der Waals surface area contributed by atoms with Gasteiger partial charge < -0.3 is 4.90 Å². The minimum Gasteiger partial charge on any atom is -0.302 e. The third-order valence-electron chi connectivity index (χ3n) is 3.79. The van der Waals surface area contributed by atoms with Crippen LogP contribution in [-0.2, 0) is 6.42 Å². The van der Waals surface area contributed by atoms with Gasteiger partial charge in [0.25, 0.3) is 0 Å². The summed E-state index contributed by atoms with van der Waals surface area (Å²) in [6.07, 6.45) is 11.5. The average molecular weight is 314 g/mol. The largest absolute Gasteiger partial charge is 0.302 e. The Balaban J connectivity index is 0.000000268. The van der Waals surface area contributed by atoms with E-state index in [-0.39, 0.29) is 0 Å². The predicted octanol–water partition coefficient (Wildman–Crippen LogP) is 3.60. The molecular formula is C18H26N4O. The molecule has 0 saturated heterocycles. The van der Waals surface area contributed by atoms with E-state index in [0.29, 0.717) is 0 Å². The molecule has 0 bridgehead atoms. The molecule has 0 saturated carbocycles. The highest BCUT2D eigenvalue weighted by Crippen LogP contribution is 2.21. The van der Waals surface area contributed by atoms with Gasteiger partial charge in [-0.2, -0.15) is 0 Å².